The summed E-state index contributed by atoms with van der Waals surface area (Å²) in [6, 6.07) is 3.87. The number of hydrogen-bond acceptors (Lipinski definition) is 6. The second-order valence-electron chi connectivity index (χ2n) is 5.76. The van der Waals surface area contributed by atoms with Crippen LogP contribution in [0, 0.1) is 6.92 Å². The van der Waals surface area contributed by atoms with Crippen molar-refractivity contribution in [2.75, 3.05) is 21.2 Å². The number of benzene rings is 1. The summed E-state index contributed by atoms with van der Waals surface area (Å²) in [5.74, 6) is 0.401. The summed E-state index contributed by atoms with van der Waals surface area (Å²) in [6.07, 6.45) is -2.13. The Morgan fingerprint density at radius 2 is 2.00 bits per heavy atom. The maximum atomic E-state index is 12.8. The fourth-order valence-corrected chi connectivity index (χ4v) is 2.57. The Morgan fingerprint density at radius 3 is 2.53 bits per heavy atom. The molecule has 0 saturated carbocycles. The number of amidine groups is 1. The van der Waals surface area contributed by atoms with Crippen LogP contribution in [-0.2, 0) is 16.3 Å². The topological polar surface area (TPSA) is 72.5 Å². The molecule has 11 heteroatoms. The van der Waals surface area contributed by atoms with Gasteiger partial charge in [-0.1, -0.05) is 44.2 Å². The Hall–Kier alpha value is -1.11. The van der Waals surface area contributed by atoms with E-state index in [0.717, 1.165) is 27.8 Å². The zero-order chi connectivity index (χ0) is 22.0. The van der Waals surface area contributed by atoms with Crippen LogP contribution in [-0.4, -0.2) is 50.5 Å². The van der Waals surface area contributed by atoms with Crippen molar-refractivity contribution in [2.45, 2.75) is 39.6 Å². The van der Waals surface area contributed by atoms with Crippen LogP contribution in [0.1, 0.15) is 30.5 Å². The largest absolute Gasteiger partial charge is 1.00 e. The van der Waals surface area contributed by atoms with Gasteiger partial charge in [-0.05, 0) is 30.0 Å². The minimum Gasteiger partial charge on any atom is -0.497 e. The number of hydrazine groups is 1. The molecule has 0 fully saturated rings. The molecule has 0 amide bonds. The summed E-state index contributed by atoms with van der Waals surface area (Å²) in [5.41, 5.74) is 5.24. The standard InChI is InChI=1S/C17H21F3N5O2.C2H6.K/c1-11-6-5-7-13(16(21-2)24-26-4)14(11)10-27-22-9-12-8-15(17(18,19)20)25(3)23-12;1-2;/h5-9,15,23H,10H2,1-4H3;1-2H3;/q-1;;+1/b22-9+;;. The second kappa shape index (κ2) is 14.0. The van der Waals surface area contributed by atoms with Gasteiger partial charge in [0.15, 0.2) is 0 Å². The predicted octanol–water partition coefficient (Wildman–Crippen LogP) is 1.10. The van der Waals surface area contributed by atoms with Gasteiger partial charge in [-0.15, -0.1) is 0 Å². The molecular formula is C19H27F3KN5O2. The van der Waals surface area contributed by atoms with Crippen molar-refractivity contribution in [1.82, 2.24) is 10.4 Å². The molecular weight excluding hydrogens is 426 g/mol. The van der Waals surface area contributed by atoms with Gasteiger partial charge in [0.2, 0.25) is 0 Å². The summed E-state index contributed by atoms with van der Waals surface area (Å²) < 4.78 is 38.5. The number of aryl methyl sites for hydroxylation is 1. The molecule has 0 radical (unpaired) electrons. The maximum Gasteiger partial charge on any atom is 1.00 e. The molecule has 7 nitrogen and oxygen atoms in total. The number of halogens is 3. The van der Waals surface area contributed by atoms with Gasteiger partial charge in [0.25, 0.3) is 0 Å². The molecule has 1 atom stereocenters. The van der Waals surface area contributed by atoms with Gasteiger partial charge in [-0.2, -0.15) is 13.2 Å². The summed E-state index contributed by atoms with van der Waals surface area (Å²) in [7, 11) is 4.32. The Morgan fingerprint density at radius 1 is 1.33 bits per heavy atom. The molecule has 1 aromatic rings. The van der Waals surface area contributed by atoms with E-state index in [1.54, 1.807) is 7.05 Å². The maximum absolute atomic E-state index is 12.8. The van der Waals surface area contributed by atoms with Crippen LogP contribution in [0.4, 0.5) is 13.2 Å². The fourth-order valence-electron chi connectivity index (χ4n) is 2.57. The van der Waals surface area contributed by atoms with E-state index in [0.29, 0.717) is 5.84 Å². The molecule has 1 N–H and O–H groups in total. The number of oxime groups is 2. The van der Waals surface area contributed by atoms with Crippen LogP contribution in [0.2, 0.25) is 0 Å². The molecule has 1 heterocycles. The molecule has 1 aliphatic heterocycles. The smallest absolute Gasteiger partial charge is 0.497 e. The minimum atomic E-state index is -4.37. The zero-order valence-corrected chi connectivity index (χ0v) is 21.5. The normalized spacial score (nSPS) is 16.8. The van der Waals surface area contributed by atoms with E-state index in [2.05, 4.69) is 21.1 Å². The number of alkyl halides is 3. The number of likely N-dealkylation sites (N-methyl/N-ethyl adjacent to an activating group) is 1. The molecule has 0 aliphatic carbocycles. The molecule has 1 unspecified atom stereocenters. The molecule has 162 valence electrons. The SMILES string of the molecule is CC.C[N-]/C(=N/OC)c1cccc(C)c1CO/N=C/C1=CC(C(F)(F)F)N(C)N1.[K+]. The number of nitrogens with one attached hydrogen (secondary N) is 1. The summed E-state index contributed by atoms with van der Waals surface area (Å²) in [5, 5.41) is 12.7. The van der Waals surface area contributed by atoms with E-state index >= 15 is 0 Å². The van der Waals surface area contributed by atoms with Crippen molar-refractivity contribution in [2.24, 2.45) is 10.3 Å². The van der Waals surface area contributed by atoms with E-state index < -0.39 is 12.2 Å². The molecule has 0 bridgehead atoms. The van der Waals surface area contributed by atoms with Crippen LogP contribution in [0.5, 0.6) is 0 Å². The van der Waals surface area contributed by atoms with Crippen molar-refractivity contribution in [1.29, 1.82) is 0 Å². The average molecular weight is 454 g/mol. The van der Waals surface area contributed by atoms with Crippen molar-refractivity contribution in [3.8, 4) is 0 Å². The molecule has 0 saturated heterocycles. The van der Waals surface area contributed by atoms with Gasteiger partial charge < -0.3 is 20.4 Å². The van der Waals surface area contributed by atoms with Gasteiger partial charge in [0.1, 0.15) is 12.6 Å². The van der Waals surface area contributed by atoms with Gasteiger partial charge in [-0.25, -0.2) is 5.01 Å². The van der Waals surface area contributed by atoms with Gasteiger partial charge >= 0.3 is 57.6 Å². The number of nitrogens with zero attached hydrogens (tertiary/aromatic N) is 4. The molecule has 2 rings (SSSR count). The third kappa shape index (κ3) is 8.20. The van der Waals surface area contributed by atoms with Crippen molar-refractivity contribution in [3.63, 3.8) is 0 Å². The predicted molar refractivity (Wildman–Crippen MR) is 107 cm³/mol. The van der Waals surface area contributed by atoms with Crippen LogP contribution in [0.3, 0.4) is 0 Å². The molecule has 1 aliphatic rings. The number of hydrogen-bond donors (Lipinski definition) is 1. The first-order valence-corrected chi connectivity index (χ1v) is 9.01. The van der Waals surface area contributed by atoms with E-state index in [1.165, 1.54) is 20.4 Å². The van der Waals surface area contributed by atoms with Crippen molar-refractivity contribution >= 4 is 12.1 Å². The first-order valence-electron chi connectivity index (χ1n) is 9.01. The van der Waals surface area contributed by atoms with Gasteiger partial charge in [-0.3, -0.25) is 5.16 Å². The quantitative estimate of drug-likeness (QED) is 0.303. The third-order valence-corrected chi connectivity index (χ3v) is 3.91. The Kier molecular flexibility index (Phi) is 13.5. The third-order valence-electron chi connectivity index (χ3n) is 3.91. The van der Waals surface area contributed by atoms with Gasteiger partial charge in [0.05, 0.1) is 19.0 Å². The van der Waals surface area contributed by atoms with Crippen LogP contribution >= 0.6 is 0 Å². The summed E-state index contributed by atoms with van der Waals surface area (Å²) in [4.78, 5) is 10.1. The van der Waals surface area contributed by atoms with Crippen molar-refractivity contribution in [3.05, 3.63) is 52.0 Å². The molecule has 0 spiro atoms. The minimum absolute atomic E-state index is 0. The van der Waals surface area contributed by atoms with Crippen LogP contribution in [0.25, 0.3) is 5.32 Å². The summed E-state index contributed by atoms with van der Waals surface area (Å²) >= 11 is 0. The van der Waals surface area contributed by atoms with E-state index in [-0.39, 0.29) is 63.7 Å². The molecule has 0 aromatic heterocycles. The number of rotatable bonds is 6. The summed E-state index contributed by atoms with van der Waals surface area (Å²) in [6.45, 7) is 6.00. The van der Waals surface area contributed by atoms with E-state index in [4.69, 9.17) is 9.68 Å². The second-order valence-corrected chi connectivity index (χ2v) is 5.76. The van der Waals surface area contributed by atoms with E-state index in [9.17, 15) is 13.2 Å². The van der Waals surface area contributed by atoms with E-state index in [1.807, 2.05) is 39.0 Å². The Bertz CT molecular complexity index is 754. The monoisotopic (exact) mass is 453 g/mol. The Balaban J connectivity index is 0.00000272. The first kappa shape index (κ1) is 28.9. The fraction of sp³-hybridized carbons (Fsp3) is 0.474. The number of allylic oxidation sites excluding steroid dienone is 1. The Labute approximate surface area is 218 Å². The van der Waals surface area contributed by atoms with Gasteiger partial charge in [0, 0.05) is 12.6 Å². The van der Waals surface area contributed by atoms with Crippen molar-refractivity contribution < 1.29 is 74.2 Å². The average Bonchev–Trinajstić information content (AvgIpc) is 3.07. The van der Waals surface area contributed by atoms with Crippen LogP contribution in [0.15, 0.2) is 40.3 Å². The first-order chi connectivity index (χ1) is 13.8. The molecule has 1 aromatic carbocycles. The molecule has 30 heavy (non-hydrogen) atoms. The van der Waals surface area contributed by atoms with Crippen LogP contribution < -0.4 is 56.8 Å². The zero-order valence-electron chi connectivity index (χ0n) is 18.4.